The minimum atomic E-state index is -1.44. The molecule has 6 atom stereocenters. The van der Waals surface area contributed by atoms with E-state index in [0.717, 1.165) is 27.6 Å². The number of ether oxygens (including phenoxy) is 5. The normalized spacial score (nSPS) is 27.2. The number of aryl methyl sites for hydroxylation is 1. The van der Waals surface area contributed by atoms with Crippen LogP contribution in [0, 0.1) is 13.8 Å². The molecule has 1 fully saturated rings. The number of nitrogens with one attached hydrogen (secondary N) is 2. The molecular formula is C39H42N4O9S. The average Bonchev–Trinajstić information content (AvgIpc) is 3.75. The van der Waals surface area contributed by atoms with E-state index in [-0.39, 0.29) is 25.6 Å². The second kappa shape index (κ2) is 12.3. The van der Waals surface area contributed by atoms with E-state index in [1.807, 2.05) is 62.0 Å². The van der Waals surface area contributed by atoms with Gasteiger partial charge in [0.05, 0.1) is 30.1 Å². The van der Waals surface area contributed by atoms with Gasteiger partial charge >= 0.3 is 11.9 Å². The first kappa shape index (κ1) is 34.3. The van der Waals surface area contributed by atoms with Crippen LogP contribution in [-0.2, 0) is 32.0 Å². The zero-order chi connectivity index (χ0) is 37.1. The fraction of sp³-hybridized carbons (Fsp3) is 0.436. The molecule has 13 nitrogen and oxygen atoms in total. The number of rotatable bonds is 3. The second-order valence-corrected chi connectivity index (χ2v) is 16.0. The summed E-state index contributed by atoms with van der Waals surface area (Å²) in [5.74, 6) is 0.574. The van der Waals surface area contributed by atoms with Crippen LogP contribution in [0.15, 0.2) is 30.3 Å². The van der Waals surface area contributed by atoms with Gasteiger partial charge in [-0.3, -0.25) is 15.0 Å². The van der Waals surface area contributed by atoms with E-state index in [1.54, 1.807) is 0 Å². The SMILES string of the molecule is COc1c(C)cc2c(c1O)[C@@H](N(C)C)[C@H]1C3S[C@]4(NCCc5c4[nH]c4ccccc54)C(=O)OC[C@H](c4c5c(c(C)c(OC(C)=O)c43)OCO5)N1[C@H](O)C2. The summed E-state index contributed by atoms with van der Waals surface area (Å²) >= 11 is 1.36. The molecule has 6 aliphatic heterocycles. The van der Waals surface area contributed by atoms with Crippen LogP contribution in [0.2, 0.25) is 0 Å². The minimum Gasteiger partial charge on any atom is -0.504 e. The lowest BCUT2D eigenvalue weighted by Crippen LogP contribution is -2.56. The molecule has 0 aliphatic carbocycles. The number of esters is 2. The molecule has 1 saturated heterocycles. The number of aromatic nitrogens is 1. The third-order valence-electron chi connectivity index (χ3n) is 11.5. The molecule has 7 heterocycles. The number of methoxy groups -OCH3 is 1. The standard InChI is InChI=1S/C39H42N4O9S/c1-17-13-20-14-25(45)43-24-15-49-38(47)39(37-22(11-12-40-39)21-9-7-8-10-23(21)41-37)53-36(30(43)29(42(4)5)26(20)31(46)32(17)48-6)28-27(24)35-34(50-16-51-35)18(2)33(28)52-19(3)44/h7-10,13,24-25,29-30,36,40-41,45-46H,11-12,14-16H2,1-6H3/t24-,25-,29-,30+,36?,39+/m1/s1. The van der Waals surface area contributed by atoms with Gasteiger partial charge in [0, 0.05) is 59.1 Å². The maximum Gasteiger partial charge on any atom is 0.343 e. The Morgan fingerprint density at radius 3 is 2.62 bits per heavy atom. The predicted octanol–water partition coefficient (Wildman–Crippen LogP) is 4.39. The number of H-pyrrole nitrogens is 1. The highest BCUT2D eigenvalue weighted by Gasteiger charge is 2.60. The predicted molar refractivity (Wildman–Crippen MR) is 195 cm³/mol. The van der Waals surface area contributed by atoms with Crippen LogP contribution in [0.25, 0.3) is 10.9 Å². The van der Waals surface area contributed by atoms with Gasteiger partial charge in [0.2, 0.25) is 11.7 Å². The van der Waals surface area contributed by atoms with Crippen LogP contribution in [0.4, 0.5) is 0 Å². The number of benzene rings is 3. The largest absolute Gasteiger partial charge is 0.504 e. The number of carbonyl (C=O) groups is 2. The Kier molecular flexibility index (Phi) is 7.95. The first-order valence-electron chi connectivity index (χ1n) is 17.8. The maximum absolute atomic E-state index is 14.9. The Bertz CT molecular complexity index is 2220. The summed E-state index contributed by atoms with van der Waals surface area (Å²) in [4.78, 5) is 34.0. The van der Waals surface area contributed by atoms with Crippen LogP contribution < -0.4 is 24.3 Å². The minimum absolute atomic E-state index is 0.00553. The molecule has 4 aromatic rings. The zero-order valence-electron chi connectivity index (χ0n) is 30.4. The third kappa shape index (κ3) is 4.78. The second-order valence-electron chi connectivity index (χ2n) is 14.7. The van der Waals surface area contributed by atoms with E-state index < -0.39 is 46.4 Å². The van der Waals surface area contributed by atoms with Crippen molar-refractivity contribution < 1.29 is 43.5 Å². The lowest BCUT2D eigenvalue weighted by Gasteiger charge is -2.52. The molecule has 0 saturated carbocycles. The molecule has 0 radical (unpaired) electrons. The molecule has 14 heteroatoms. The van der Waals surface area contributed by atoms with Crippen molar-refractivity contribution in [2.75, 3.05) is 41.1 Å². The average molecular weight is 743 g/mol. The molecule has 2 bridgehead atoms. The molecule has 4 N–H and O–H groups in total. The van der Waals surface area contributed by atoms with E-state index in [4.69, 9.17) is 23.7 Å². The smallest absolute Gasteiger partial charge is 0.343 e. The molecule has 10 rings (SSSR count). The van der Waals surface area contributed by atoms with E-state index in [2.05, 4.69) is 16.4 Å². The molecule has 278 valence electrons. The number of para-hydroxylation sites is 1. The van der Waals surface area contributed by atoms with Gasteiger partial charge in [-0.15, -0.1) is 11.8 Å². The zero-order valence-corrected chi connectivity index (χ0v) is 31.2. The summed E-state index contributed by atoms with van der Waals surface area (Å²) in [5, 5.41) is 28.5. The number of aliphatic hydroxyl groups is 1. The third-order valence-corrected chi connectivity index (χ3v) is 13.2. The van der Waals surface area contributed by atoms with Gasteiger partial charge < -0.3 is 43.8 Å². The number of hydrogen-bond acceptors (Lipinski definition) is 13. The van der Waals surface area contributed by atoms with Crippen LogP contribution >= 0.6 is 11.8 Å². The molecule has 1 spiro atoms. The number of phenols is 1. The number of aliphatic hydroxyl groups excluding tert-OH is 1. The van der Waals surface area contributed by atoms with Crippen molar-refractivity contribution in [2.45, 2.75) is 68.1 Å². The van der Waals surface area contributed by atoms with Crippen molar-refractivity contribution in [1.29, 1.82) is 0 Å². The highest BCUT2D eigenvalue weighted by molar-refractivity contribution is 8.01. The number of nitrogens with zero attached hydrogens (tertiary/aromatic N) is 2. The lowest BCUT2D eigenvalue weighted by atomic mass is 9.80. The van der Waals surface area contributed by atoms with Gasteiger partial charge in [-0.25, -0.2) is 4.79 Å². The van der Waals surface area contributed by atoms with Gasteiger partial charge in [-0.05, 0) is 57.1 Å². The van der Waals surface area contributed by atoms with E-state index >= 15 is 0 Å². The Labute approximate surface area is 310 Å². The van der Waals surface area contributed by atoms with Gasteiger partial charge in [0.25, 0.3) is 0 Å². The first-order valence-corrected chi connectivity index (χ1v) is 18.7. The lowest BCUT2D eigenvalue weighted by molar-refractivity contribution is -0.153. The Morgan fingerprint density at radius 1 is 1.09 bits per heavy atom. The molecule has 6 aliphatic rings. The summed E-state index contributed by atoms with van der Waals surface area (Å²) in [6, 6.07) is 7.98. The number of aromatic hydroxyl groups is 1. The van der Waals surface area contributed by atoms with Crippen molar-refractivity contribution in [3.63, 3.8) is 0 Å². The van der Waals surface area contributed by atoms with E-state index in [1.165, 1.54) is 25.8 Å². The number of thioether (sulfide) groups is 1. The first-order chi connectivity index (χ1) is 25.5. The van der Waals surface area contributed by atoms with Gasteiger partial charge in [0.15, 0.2) is 23.0 Å². The summed E-state index contributed by atoms with van der Waals surface area (Å²) in [5.41, 5.74) is 6.61. The molecule has 0 amide bonds. The number of hydrogen-bond donors (Lipinski definition) is 4. The van der Waals surface area contributed by atoms with Crippen molar-refractivity contribution in [3.05, 3.63) is 75.0 Å². The van der Waals surface area contributed by atoms with Gasteiger partial charge in [-0.2, -0.15) is 0 Å². The topological polar surface area (TPSA) is 155 Å². The van der Waals surface area contributed by atoms with Crippen LogP contribution in [0.3, 0.4) is 0 Å². The highest BCUT2D eigenvalue weighted by Crippen LogP contribution is 2.65. The quantitative estimate of drug-likeness (QED) is 0.174. The molecular weight excluding hydrogens is 701 g/mol. The summed E-state index contributed by atoms with van der Waals surface area (Å²) in [6.07, 6.45) is -0.238. The summed E-state index contributed by atoms with van der Waals surface area (Å²) < 4.78 is 30.5. The highest BCUT2D eigenvalue weighted by atomic mass is 32.2. The number of carbonyl (C=O) groups excluding carboxylic acids is 2. The van der Waals surface area contributed by atoms with Crippen LogP contribution in [0.1, 0.15) is 68.9 Å². The van der Waals surface area contributed by atoms with Gasteiger partial charge in [-0.1, -0.05) is 24.3 Å². The Hall–Kier alpha value is -4.47. The van der Waals surface area contributed by atoms with Crippen LogP contribution in [-0.4, -0.2) is 90.4 Å². The van der Waals surface area contributed by atoms with Crippen molar-refractivity contribution >= 4 is 34.6 Å². The van der Waals surface area contributed by atoms with E-state index in [0.29, 0.717) is 63.9 Å². The molecule has 53 heavy (non-hydrogen) atoms. The maximum atomic E-state index is 14.9. The summed E-state index contributed by atoms with van der Waals surface area (Å²) in [6.45, 7) is 5.35. The monoisotopic (exact) mass is 742 g/mol. The van der Waals surface area contributed by atoms with Crippen molar-refractivity contribution in [2.24, 2.45) is 0 Å². The summed E-state index contributed by atoms with van der Waals surface area (Å²) in [7, 11) is 5.40. The Balaban J connectivity index is 1.39. The van der Waals surface area contributed by atoms with Crippen molar-refractivity contribution in [3.8, 4) is 28.7 Å². The fourth-order valence-corrected chi connectivity index (χ4v) is 11.3. The van der Waals surface area contributed by atoms with Crippen LogP contribution in [0.5, 0.6) is 28.7 Å². The number of phenolic OH excluding ortho intramolecular Hbond substituents is 1. The fourth-order valence-electron chi connectivity index (χ4n) is 9.55. The number of likely N-dealkylation sites (N-methyl/N-ethyl adjacent to an activating group) is 1. The molecule has 3 aromatic carbocycles. The van der Waals surface area contributed by atoms with Gasteiger partial charge in [0.1, 0.15) is 18.6 Å². The number of fused-ring (bicyclic) bond motifs is 7. The molecule has 1 unspecified atom stereocenters. The van der Waals surface area contributed by atoms with Crippen molar-refractivity contribution in [1.82, 2.24) is 20.1 Å². The van der Waals surface area contributed by atoms with E-state index in [9.17, 15) is 19.8 Å². The Morgan fingerprint density at radius 2 is 1.87 bits per heavy atom. The molecule has 1 aromatic heterocycles. The number of aromatic amines is 1.